The molecule has 2 atom stereocenters. The van der Waals surface area contributed by atoms with Gasteiger partial charge in [-0.05, 0) is 75.1 Å². The van der Waals surface area contributed by atoms with Gasteiger partial charge in [-0.1, -0.05) is 34.8 Å². The van der Waals surface area contributed by atoms with Crippen molar-refractivity contribution in [1.29, 1.82) is 0 Å². The standard InChI is InChI=1S/C44H40F4N10O6S2/c1-2-53-32-7-3-5-14-55(32)57-20-26(37(59)39(61)35(57)43(53)63)42-52-50-31(66-42)18-23-10-12-28(46)25(34(23)48)13-16-54-33-8-4-6-15-56(33)58-21-27(38(60)40(62)36(58)44(54)64)41-51-49-30(65-41)17-22-9-11-24(45)19-29(22)47/h9-12,19-21,32-33,61-62H,2-8,13-18H2,1H3/t32-,33+/m0/s1. The number of carbonyl (C=O) groups excluding carboxylic acids is 2. The normalized spacial score (nSPS) is 18.1. The van der Waals surface area contributed by atoms with Gasteiger partial charge in [0.15, 0.2) is 32.9 Å². The quantitative estimate of drug-likeness (QED) is 0.170. The van der Waals surface area contributed by atoms with Gasteiger partial charge in [0.2, 0.25) is 10.9 Å². The Bertz CT molecular complexity index is 3080. The molecule has 6 aromatic rings. The first-order valence-corrected chi connectivity index (χ1v) is 23.1. The maximum atomic E-state index is 16.4. The summed E-state index contributed by atoms with van der Waals surface area (Å²) in [5.41, 5.74) is -2.20. The molecule has 22 heteroatoms. The highest BCUT2D eigenvalue weighted by molar-refractivity contribution is 7.15. The van der Waals surface area contributed by atoms with E-state index in [0.717, 1.165) is 66.6 Å². The van der Waals surface area contributed by atoms with Crippen molar-refractivity contribution in [2.75, 3.05) is 36.2 Å². The molecule has 4 aliphatic heterocycles. The first-order chi connectivity index (χ1) is 31.8. The number of benzene rings is 2. The molecule has 4 aliphatic rings. The van der Waals surface area contributed by atoms with Crippen LogP contribution in [0, 0.1) is 23.3 Å². The van der Waals surface area contributed by atoms with Crippen molar-refractivity contribution in [3.8, 4) is 32.6 Å². The maximum Gasteiger partial charge on any atom is 0.278 e. The van der Waals surface area contributed by atoms with Crippen LogP contribution in [-0.4, -0.2) is 100 Å². The molecular weight excluding hydrogens is 905 g/mol. The molecule has 2 saturated heterocycles. The molecule has 0 unspecified atom stereocenters. The number of piperidine rings is 2. The van der Waals surface area contributed by atoms with Gasteiger partial charge in [0, 0.05) is 63.0 Å². The number of aromatic hydroxyl groups is 2. The number of fused-ring (bicyclic) bond motifs is 6. The lowest BCUT2D eigenvalue weighted by atomic mass is 10.0. The van der Waals surface area contributed by atoms with E-state index in [1.54, 1.807) is 4.90 Å². The van der Waals surface area contributed by atoms with Gasteiger partial charge in [0.25, 0.3) is 11.8 Å². The van der Waals surface area contributed by atoms with Gasteiger partial charge in [-0.15, -0.1) is 20.4 Å². The topological polar surface area (TPSA) is 183 Å². The second kappa shape index (κ2) is 17.0. The number of halogens is 4. The van der Waals surface area contributed by atoms with E-state index < -0.39 is 63.6 Å². The SMILES string of the molecule is CCN1C(=O)c2c(O)c(=O)c(-c3nnc(Cc4ccc(F)c(CCN5C(=O)c6c(O)c(=O)c(-c7nnc(Cc8ccc(F)cc8F)s7)cn6N6CCCC[C@H]56)c4F)s3)cn2N2CCCC[C@@H]12. The first-order valence-electron chi connectivity index (χ1n) is 21.5. The van der Waals surface area contributed by atoms with Gasteiger partial charge in [0.05, 0.1) is 11.1 Å². The highest BCUT2D eigenvalue weighted by atomic mass is 32.1. The number of hydrogen-bond donors (Lipinski definition) is 2. The van der Waals surface area contributed by atoms with Gasteiger partial charge in [-0.3, -0.25) is 38.5 Å². The summed E-state index contributed by atoms with van der Waals surface area (Å²) in [6.45, 7) is 3.09. The molecule has 0 bridgehead atoms. The van der Waals surface area contributed by atoms with Crippen LogP contribution in [0.5, 0.6) is 11.5 Å². The van der Waals surface area contributed by atoms with Crippen molar-refractivity contribution in [2.45, 2.75) is 77.0 Å². The number of amides is 2. The van der Waals surface area contributed by atoms with Crippen LogP contribution < -0.4 is 20.9 Å². The lowest BCUT2D eigenvalue weighted by Gasteiger charge is -2.49. The molecule has 16 nitrogen and oxygen atoms in total. The summed E-state index contributed by atoms with van der Waals surface area (Å²) < 4.78 is 62.7. The zero-order chi connectivity index (χ0) is 46.1. The summed E-state index contributed by atoms with van der Waals surface area (Å²) in [4.78, 5) is 57.9. The number of hydrogen-bond acceptors (Lipinski definition) is 14. The molecule has 8 heterocycles. The molecule has 342 valence electrons. The molecule has 4 aromatic heterocycles. The van der Waals surface area contributed by atoms with Crippen LogP contribution in [0.3, 0.4) is 0 Å². The van der Waals surface area contributed by atoms with Crippen LogP contribution >= 0.6 is 22.7 Å². The van der Waals surface area contributed by atoms with Crippen LogP contribution in [0.1, 0.15) is 93.1 Å². The smallest absolute Gasteiger partial charge is 0.278 e. The minimum atomic E-state index is -0.895. The van der Waals surface area contributed by atoms with Crippen LogP contribution in [-0.2, 0) is 19.3 Å². The molecule has 2 amide bonds. The maximum absolute atomic E-state index is 16.4. The molecule has 2 N–H and O–H groups in total. The lowest BCUT2D eigenvalue weighted by Crippen LogP contribution is -2.63. The van der Waals surface area contributed by atoms with Crippen molar-refractivity contribution in [3.63, 3.8) is 0 Å². The number of aromatic nitrogens is 6. The average Bonchev–Trinajstić information content (AvgIpc) is 3.98. The Kier molecular flexibility index (Phi) is 11.1. The third-order valence-electron chi connectivity index (χ3n) is 12.7. The predicted octanol–water partition coefficient (Wildman–Crippen LogP) is 5.27. The average molecular weight is 945 g/mol. The lowest BCUT2D eigenvalue weighted by molar-refractivity contribution is 0.0519. The van der Waals surface area contributed by atoms with Gasteiger partial charge in [0.1, 0.15) is 45.6 Å². The molecule has 10 rings (SSSR count). The first kappa shape index (κ1) is 43.2. The van der Waals surface area contributed by atoms with E-state index in [-0.39, 0.29) is 81.2 Å². The Morgan fingerprint density at radius 3 is 1.76 bits per heavy atom. The fourth-order valence-electron chi connectivity index (χ4n) is 9.47. The summed E-state index contributed by atoms with van der Waals surface area (Å²) >= 11 is 1.98. The molecule has 0 saturated carbocycles. The third kappa shape index (κ3) is 7.25. The zero-order valence-electron chi connectivity index (χ0n) is 35.2. The van der Waals surface area contributed by atoms with Crippen molar-refractivity contribution in [1.82, 2.24) is 39.5 Å². The van der Waals surface area contributed by atoms with Crippen molar-refractivity contribution in [2.24, 2.45) is 0 Å². The van der Waals surface area contributed by atoms with Crippen LogP contribution in [0.4, 0.5) is 17.6 Å². The van der Waals surface area contributed by atoms with Gasteiger partial charge >= 0.3 is 0 Å². The summed E-state index contributed by atoms with van der Waals surface area (Å²) in [5.74, 6) is -5.90. The fourth-order valence-corrected chi connectivity index (χ4v) is 11.2. The Labute approximate surface area is 380 Å². The molecule has 2 fully saturated rings. The molecule has 0 aliphatic carbocycles. The molecule has 66 heavy (non-hydrogen) atoms. The largest absolute Gasteiger partial charge is 0.502 e. The van der Waals surface area contributed by atoms with E-state index >= 15 is 8.78 Å². The van der Waals surface area contributed by atoms with E-state index in [4.69, 9.17) is 0 Å². The second-order valence-corrected chi connectivity index (χ2v) is 18.7. The zero-order valence-corrected chi connectivity index (χ0v) is 36.8. The van der Waals surface area contributed by atoms with Gasteiger partial charge in [-0.2, -0.15) is 0 Å². The van der Waals surface area contributed by atoms with Crippen LogP contribution in [0.2, 0.25) is 0 Å². The minimum absolute atomic E-state index is 0.0158. The molecule has 2 aromatic carbocycles. The summed E-state index contributed by atoms with van der Waals surface area (Å²) in [7, 11) is 0. The molecule has 0 spiro atoms. The van der Waals surface area contributed by atoms with Gasteiger partial charge < -0.3 is 20.0 Å². The monoisotopic (exact) mass is 944 g/mol. The van der Waals surface area contributed by atoms with Crippen molar-refractivity contribution in [3.05, 3.63) is 125 Å². The summed E-state index contributed by atoms with van der Waals surface area (Å²) in [6.07, 6.45) is 6.08. The van der Waals surface area contributed by atoms with Crippen LogP contribution in [0.25, 0.3) is 21.1 Å². The van der Waals surface area contributed by atoms with Gasteiger partial charge in [-0.25, -0.2) is 17.6 Å². The van der Waals surface area contributed by atoms with Crippen LogP contribution in [0.15, 0.2) is 52.3 Å². The van der Waals surface area contributed by atoms with E-state index in [0.29, 0.717) is 42.5 Å². The Morgan fingerprint density at radius 1 is 0.667 bits per heavy atom. The van der Waals surface area contributed by atoms with Crippen molar-refractivity contribution >= 4 is 34.5 Å². The Balaban J connectivity index is 0.891. The number of carbonyl (C=O) groups is 2. The molecular formula is C44H40F4N10O6S2. The highest BCUT2D eigenvalue weighted by Crippen LogP contribution is 2.35. The van der Waals surface area contributed by atoms with E-state index in [9.17, 15) is 38.2 Å². The summed E-state index contributed by atoms with van der Waals surface area (Å²) in [6, 6.07) is 5.58. The third-order valence-corrected chi connectivity index (χ3v) is 14.6. The van der Waals surface area contributed by atoms with Crippen molar-refractivity contribution < 1.29 is 37.4 Å². The highest BCUT2D eigenvalue weighted by Gasteiger charge is 2.43. The van der Waals surface area contributed by atoms with E-state index in [1.165, 1.54) is 38.8 Å². The van der Waals surface area contributed by atoms with E-state index in [1.807, 2.05) is 16.9 Å². The molecule has 0 radical (unpaired) electrons. The second-order valence-electron chi connectivity index (χ2n) is 16.5. The minimum Gasteiger partial charge on any atom is -0.502 e. The van der Waals surface area contributed by atoms with E-state index in [2.05, 4.69) is 20.4 Å². The Morgan fingerprint density at radius 2 is 1.20 bits per heavy atom. The number of pyridine rings is 2. The number of nitrogens with zero attached hydrogens (tertiary/aromatic N) is 10. The Hall–Kier alpha value is -6.68. The fraction of sp³-hybridized carbons (Fsp3) is 0.364. The predicted molar refractivity (Wildman–Crippen MR) is 234 cm³/mol. The number of rotatable bonds is 10. The summed E-state index contributed by atoms with van der Waals surface area (Å²) in [5, 5.41) is 43.6.